The SMILES string of the molecule is Cc1ccc(C(O)=C2C(=N)N(c3ccc(Cl)cc3)C3=C(C(=O)CCC3)[C@H]2c2ccc(C)cc2)cc1. The summed E-state index contributed by atoms with van der Waals surface area (Å²) in [5.41, 5.74) is 6.39. The van der Waals surface area contributed by atoms with E-state index >= 15 is 0 Å². The molecule has 2 aliphatic rings. The van der Waals surface area contributed by atoms with E-state index in [0.29, 0.717) is 34.6 Å². The fraction of sp³-hybridized carbons (Fsp3) is 0.200. The van der Waals surface area contributed by atoms with Crippen LogP contribution < -0.4 is 4.90 Å². The first-order chi connectivity index (χ1) is 16.8. The molecule has 35 heavy (non-hydrogen) atoms. The Hall–Kier alpha value is -3.63. The zero-order valence-corrected chi connectivity index (χ0v) is 20.6. The van der Waals surface area contributed by atoms with Crippen LogP contribution in [0.25, 0.3) is 5.76 Å². The molecule has 1 aliphatic carbocycles. The van der Waals surface area contributed by atoms with Gasteiger partial charge in [-0.15, -0.1) is 0 Å². The molecule has 0 unspecified atom stereocenters. The van der Waals surface area contributed by atoms with Crippen LogP contribution in [-0.2, 0) is 4.79 Å². The molecule has 2 N–H and O–H groups in total. The smallest absolute Gasteiger partial charge is 0.161 e. The summed E-state index contributed by atoms with van der Waals surface area (Å²) in [6.45, 7) is 4.01. The number of rotatable bonds is 3. The lowest BCUT2D eigenvalue weighted by Gasteiger charge is -2.41. The highest BCUT2D eigenvalue weighted by Crippen LogP contribution is 2.48. The van der Waals surface area contributed by atoms with E-state index in [4.69, 9.17) is 11.6 Å². The third-order valence-corrected chi connectivity index (χ3v) is 7.08. The van der Waals surface area contributed by atoms with Crippen molar-refractivity contribution in [3.05, 3.63) is 117 Å². The molecule has 0 bridgehead atoms. The molecule has 5 rings (SSSR count). The summed E-state index contributed by atoms with van der Waals surface area (Å²) in [4.78, 5) is 15.3. The van der Waals surface area contributed by atoms with Crippen molar-refractivity contribution in [2.45, 2.75) is 39.0 Å². The van der Waals surface area contributed by atoms with Gasteiger partial charge in [-0.2, -0.15) is 0 Å². The van der Waals surface area contributed by atoms with Crippen LogP contribution in [-0.4, -0.2) is 16.7 Å². The average Bonchev–Trinajstić information content (AvgIpc) is 2.85. The maximum atomic E-state index is 13.5. The molecule has 176 valence electrons. The molecule has 0 fully saturated rings. The largest absolute Gasteiger partial charge is 0.507 e. The first-order valence-electron chi connectivity index (χ1n) is 11.8. The van der Waals surface area contributed by atoms with E-state index in [1.54, 1.807) is 12.1 Å². The van der Waals surface area contributed by atoms with E-state index in [2.05, 4.69) is 0 Å². The van der Waals surface area contributed by atoms with Gasteiger partial charge in [-0.25, -0.2) is 0 Å². The summed E-state index contributed by atoms with van der Waals surface area (Å²) in [5, 5.41) is 21.6. The Kier molecular flexibility index (Phi) is 6.08. The minimum atomic E-state index is -0.518. The molecule has 0 saturated heterocycles. The summed E-state index contributed by atoms with van der Waals surface area (Å²) in [7, 11) is 0. The molecule has 0 amide bonds. The predicted octanol–water partition coefficient (Wildman–Crippen LogP) is 7.51. The van der Waals surface area contributed by atoms with E-state index < -0.39 is 5.92 Å². The van der Waals surface area contributed by atoms with Gasteiger partial charge in [0, 0.05) is 45.5 Å². The number of carbonyl (C=O) groups is 1. The van der Waals surface area contributed by atoms with Gasteiger partial charge < -0.3 is 5.11 Å². The van der Waals surface area contributed by atoms with Gasteiger partial charge in [-0.05, 0) is 56.5 Å². The Bertz CT molecular complexity index is 1370. The van der Waals surface area contributed by atoms with Gasteiger partial charge in [0.2, 0.25) is 0 Å². The number of allylic oxidation sites excluding steroid dienone is 2. The third-order valence-electron chi connectivity index (χ3n) is 6.83. The van der Waals surface area contributed by atoms with Crippen LogP contribution in [0.4, 0.5) is 5.69 Å². The number of aliphatic hydroxyl groups is 1. The molecule has 4 nitrogen and oxygen atoms in total. The Balaban J connectivity index is 1.81. The van der Waals surface area contributed by atoms with Crippen LogP contribution in [0.3, 0.4) is 0 Å². The van der Waals surface area contributed by atoms with Crippen LogP contribution in [0, 0.1) is 19.3 Å². The van der Waals surface area contributed by atoms with Crippen LogP contribution >= 0.6 is 11.6 Å². The zero-order chi connectivity index (χ0) is 24.7. The van der Waals surface area contributed by atoms with Crippen molar-refractivity contribution >= 4 is 34.7 Å². The fourth-order valence-electron chi connectivity index (χ4n) is 5.03. The van der Waals surface area contributed by atoms with Crippen molar-refractivity contribution in [2.24, 2.45) is 0 Å². The first kappa shape index (κ1) is 23.1. The van der Waals surface area contributed by atoms with E-state index in [1.807, 2.05) is 79.4 Å². The van der Waals surface area contributed by atoms with Crippen molar-refractivity contribution < 1.29 is 9.90 Å². The number of ketones is 1. The van der Waals surface area contributed by atoms with E-state index in [-0.39, 0.29) is 17.4 Å². The number of anilines is 1. The summed E-state index contributed by atoms with van der Waals surface area (Å²) in [5.74, 6) is -0.262. The number of hydrogen-bond donors (Lipinski definition) is 2. The second-order valence-corrected chi connectivity index (χ2v) is 9.71. The molecule has 0 spiro atoms. The van der Waals surface area contributed by atoms with Crippen molar-refractivity contribution in [2.75, 3.05) is 4.90 Å². The van der Waals surface area contributed by atoms with E-state index in [0.717, 1.165) is 34.5 Å². The van der Waals surface area contributed by atoms with Crippen LogP contribution in [0.2, 0.25) is 5.02 Å². The number of nitrogens with one attached hydrogen (secondary N) is 1. The molecule has 1 atom stereocenters. The lowest BCUT2D eigenvalue weighted by atomic mass is 9.73. The molecular formula is C30H27ClN2O2. The molecule has 3 aromatic carbocycles. The van der Waals surface area contributed by atoms with Gasteiger partial charge in [0.25, 0.3) is 0 Å². The van der Waals surface area contributed by atoms with Crippen molar-refractivity contribution in [1.82, 2.24) is 0 Å². The Morgan fingerprint density at radius 2 is 1.51 bits per heavy atom. The average molecular weight is 483 g/mol. The fourth-order valence-corrected chi connectivity index (χ4v) is 5.15. The van der Waals surface area contributed by atoms with Gasteiger partial charge in [-0.3, -0.25) is 15.1 Å². The normalized spacial score (nSPS) is 19.6. The minimum absolute atomic E-state index is 0.0180. The van der Waals surface area contributed by atoms with Gasteiger partial charge in [0.1, 0.15) is 11.6 Å². The highest BCUT2D eigenvalue weighted by Gasteiger charge is 2.43. The molecule has 0 aromatic heterocycles. The predicted molar refractivity (Wildman–Crippen MR) is 142 cm³/mol. The molecule has 5 heteroatoms. The van der Waals surface area contributed by atoms with Crippen LogP contribution in [0.5, 0.6) is 0 Å². The third kappa shape index (κ3) is 4.19. The number of aryl methyl sites for hydroxylation is 2. The number of amidine groups is 1. The monoisotopic (exact) mass is 482 g/mol. The van der Waals surface area contributed by atoms with Crippen molar-refractivity contribution in [3.8, 4) is 0 Å². The lowest BCUT2D eigenvalue weighted by Crippen LogP contribution is -2.42. The maximum absolute atomic E-state index is 13.5. The summed E-state index contributed by atoms with van der Waals surface area (Å²) in [6.07, 6.45) is 1.88. The van der Waals surface area contributed by atoms with Gasteiger partial charge in [0.15, 0.2) is 5.78 Å². The first-order valence-corrected chi connectivity index (χ1v) is 12.2. The number of hydrogen-bond acceptors (Lipinski definition) is 3. The van der Waals surface area contributed by atoms with Crippen molar-refractivity contribution in [1.29, 1.82) is 5.41 Å². The maximum Gasteiger partial charge on any atom is 0.161 e. The van der Waals surface area contributed by atoms with Crippen molar-refractivity contribution in [3.63, 3.8) is 0 Å². The second kappa shape index (κ2) is 9.20. The molecule has 0 saturated carbocycles. The number of benzene rings is 3. The number of Topliss-reactive ketones (excluding diaryl/α,β-unsaturated/α-hetero) is 1. The van der Waals surface area contributed by atoms with Crippen LogP contribution in [0.15, 0.2) is 89.6 Å². The summed E-state index contributed by atoms with van der Waals surface area (Å²) < 4.78 is 0. The molecule has 1 aliphatic heterocycles. The van der Waals surface area contributed by atoms with E-state index in [1.165, 1.54) is 0 Å². The molecule has 3 aromatic rings. The Labute approximate surface area is 210 Å². The molecule has 0 radical (unpaired) electrons. The zero-order valence-electron chi connectivity index (χ0n) is 19.8. The number of aliphatic hydroxyl groups excluding tert-OH is 1. The number of carbonyl (C=O) groups excluding carboxylic acids is 1. The lowest BCUT2D eigenvalue weighted by molar-refractivity contribution is -0.116. The number of nitrogens with zero attached hydrogens (tertiary/aromatic N) is 1. The topological polar surface area (TPSA) is 64.4 Å². The Morgan fingerprint density at radius 3 is 2.14 bits per heavy atom. The quantitative estimate of drug-likeness (QED) is 0.379. The van der Waals surface area contributed by atoms with E-state index in [9.17, 15) is 15.3 Å². The van der Waals surface area contributed by atoms with Gasteiger partial charge in [0.05, 0.1) is 0 Å². The standard InChI is InChI=1S/C30H27ClN2O2/c1-18-6-10-20(11-7-18)26-27-24(4-3-5-25(27)34)33(23-16-14-22(31)15-17-23)30(32)28(26)29(35)21-12-8-19(2)9-13-21/h6-17,26,32,35H,3-5H2,1-2H3/t26-/m1/s1. The van der Waals surface area contributed by atoms with Gasteiger partial charge >= 0.3 is 0 Å². The summed E-state index contributed by atoms with van der Waals surface area (Å²) in [6, 6.07) is 22.9. The van der Waals surface area contributed by atoms with Gasteiger partial charge in [-0.1, -0.05) is 71.3 Å². The highest BCUT2D eigenvalue weighted by molar-refractivity contribution is 6.30. The highest BCUT2D eigenvalue weighted by atomic mass is 35.5. The second-order valence-electron chi connectivity index (χ2n) is 9.27. The molecular weight excluding hydrogens is 456 g/mol. The number of halogens is 1. The minimum Gasteiger partial charge on any atom is -0.507 e. The summed E-state index contributed by atoms with van der Waals surface area (Å²) >= 11 is 6.15. The Morgan fingerprint density at radius 1 is 0.914 bits per heavy atom. The van der Waals surface area contributed by atoms with Crippen LogP contribution in [0.1, 0.15) is 47.4 Å². The molecule has 1 heterocycles.